The van der Waals surface area contributed by atoms with Gasteiger partial charge in [-0.25, -0.2) is 0 Å². The number of nitrogens with zero attached hydrogens (tertiary/aromatic N) is 1. The summed E-state index contributed by atoms with van der Waals surface area (Å²) in [6, 6.07) is 20.3. The quantitative estimate of drug-likeness (QED) is 0.841. The molecule has 134 valence electrons. The van der Waals surface area contributed by atoms with Crippen LogP contribution in [-0.4, -0.2) is 48.5 Å². The second-order valence-electron chi connectivity index (χ2n) is 6.72. The van der Waals surface area contributed by atoms with Crippen molar-refractivity contribution in [3.63, 3.8) is 0 Å². The summed E-state index contributed by atoms with van der Waals surface area (Å²) >= 11 is 0. The normalized spacial score (nSPS) is 22.6. The van der Waals surface area contributed by atoms with E-state index in [1.807, 2.05) is 48.5 Å². The first-order chi connectivity index (χ1) is 12.2. The minimum atomic E-state index is -0.495. The van der Waals surface area contributed by atoms with Crippen molar-refractivity contribution in [2.24, 2.45) is 0 Å². The fourth-order valence-electron chi connectivity index (χ4n) is 3.28. The lowest BCUT2D eigenvalue weighted by molar-refractivity contribution is -0.0919. The first-order valence-electron chi connectivity index (χ1n) is 8.93. The van der Waals surface area contributed by atoms with Crippen LogP contribution in [0.15, 0.2) is 60.7 Å². The Morgan fingerprint density at radius 1 is 1.08 bits per heavy atom. The smallest absolute Gasteiger partial charge is 0.0956 e. The molecule has 0 aromatic heterocycles. The van der Waals surface area contributed by atoms with Crippen LogP contribution in [0.3, 0.4) is 0 Å². The number of aliphatic hydroxyl groups excluding tert-OH is 1. The Balaban J connectivity index is 1.46. The summed E-state index contributed by atoms with van der Waals surface area (Å²) in [6.07, 6.45) is -0.288. The molecule has 1 saturated heterocycles. The molecule has 0 saturated carbocycles. The van der Waals surface area contributed by atoms with E-state index in [4.69, 9.17) is 9.47 Å². The molecule has 2 aromatic carbocycles. The molecule has 1 N–H and O–H groups in total. The fraction of sp³-hybridized carbons (Fsp3) is 0.429. The third-order valence-corrected chi connectivity index (χ3v) is 4.40. The zero-order valence-electron chi connectivity index (χ0n) is 14.8. The van der Waals surface area contributed by atoms with Gasteiger partial charge in [0.15, 0.2) is 0 Å². The second-order valence-corrected chi connectivity index (χ2v) is 6.72. The predicted octanol–water partition coefficient (Wildman–Crippen LogP) is 3.03. The van der Waals surface area contributed by atoms with Gasteiger partial charge in [0.05, 0.1) is 31.5 Å². The number of β-amino-alcohol motifs (C(OH)–C–C–N with tert-alkyl or cyclic N) is 1. The van der Waals surface area contributed by atoms with E-state index in [0.717, 1.165) is 18.7 Å². The van der Waals surface area contributed by atoms with Gasteiger partial charge in [0.25, 0.3) is 0 Å². The van der Waals surface area contributed by atoms with Crippen molar-refractivity contribution in [3.05, 3.63) is 71.8 Å². The molecule has 1 heterocycles. The maximum atomic E-state index is 10.3. The van der Waals surface area contributed by atoms with Crippen LogP contribution in [-0.2, 0) is 16.1 Å². The third kappa shape index (κ3) is 5.65. The van der Waals surface area contributed by atoms with Crippen LogP contribution < -0.4 is 0 Å². The van der Waals surface area contributed by atoms with Crippen molar-refractivity contribution in [1.82, 2.24) is 4.90 Å². The van der Waals surface area contributed by atoms with Gasteiger partial charge < -0.3 is 14.6 Å². The number of hydrogen-bond donors (Lipinski definition) is 1. The van der Waals surface area contributed by atoms with E-state index in [-0.39, 0.29) is 12.2 Å². The van der Waals surface area contributed by atoms with E-state index in [9.17, 15) is 5.11 Å². The van der Waals surface area contributed by atoms with Crippen LogP contribution in [0.5, 0.6) is 0 Å². The SMILES string of the molecule is CC1CN(CC(O)COCc2ccccc2)CC(c2ccccc2)O1. The van der Waals surface area contributed by atoms with Crippen molar-refractivity contribution in [3.8, 4) is 0 Å². The number of benzene rings is 2. The Kier molecular flexibility index (Phi) is 6.59. The summed E-state index contributed by atoms with van der Waals surface area (Å²) in [5.74, 6) is 0. The standard InChI is InChI=1S/C21H27NO3/c1-17-12-22(14-21(25-17)19-10-6-3-7-11-19)13-20(23)16-24-15-18-8-4-2-5-9-18/h2-11,17,20-21,23H,12-16H2,1H3. The highest BCUT2D eigenvalue weighted by molar-refractivity contribution is 5.18. The lowest BCUT2D eigenvalue weighted by atomic mass is 10.1. The summed E-state index contributed by atoms with van der Waals surface area (Å²) in [5, 5.41) is 10.3. The third-order valence-electron chi connectivity index (χ3n) is 4.40. The average molecular weight is 341 g/mol. The monoisotopic (exact) mass is 341 g/mol. The fourth-order valence-corrected chi connectivity index (χ4v) is 3.28. The molecule has 3 rings (SSSR count). The van der Waals surface area contributed by atoms with Gasteiger partial charge in [-0.1, -0.05) is 60.7 Å². The van der Waals surface area contributed by atoms with Crippen molar-refractivity contribution in [2.45, 2.75) is 31.8 Å². The minimum Gasteiger partial charge on any atom is -0.389 e. The summed E-state index contributed by atoms with van der Waals surface area (Å²) in [4.78, 5) is 2.27. The predicted molar refractivity (Wildman–Crippen MR) is 98.3 cm³/mol. The van der Waals surface area contributed by atoms with Crippen LogP contribution in [0.4, 0.5) is 0 Å². The topological polar surface area (TPSA) is 41.9 Å². The Labute approximate surface area is 150 Å². The molecular weight excluding hydrogens is 314 g/mol. The van der Waals surface area contributed by atoms with E-state index >= 15 is 0 Å². The lowest BCUT2D eigenvalue weighted by Gasteiger charge is -2.37. The van der Waals surface area contributed by atoms with Gasteiger partial charge in [-0.05, 0) is 18.1 Å². The van der Waals surface area contributed by atoms with Crippen LogP contribution in [0, 0.1) is 0 Å². The molecule has 25 heavy (non-hydrogen) atoms. The molecule has 1 aliphatic rings. The number of aliphatic hydroxyl groups is 1. The molecule has 0 bridgehead atoms. The molecule has 0 spiro atoms. The molecule has 0 amide bonds. The molecule has 1 aliphatic heterocycles. The van der Waals surface area contributed by atoms with Crippen molar-refractivity contribution in [2.75, 3.05) is 26.2 Å². The van der Waals surface area contributed by atoms with Gasteiger partial charge >= 0.3 is 0 Å². The maximum Gasteiger partial charge on any atom is 0.0956 e. The highest BCUT2D eigenvalue weighted by Crippen LogP contribution is 2.25. The number of ether oxygens (including phenoxy) is 2. The zero-order chi connectivity index (χ0) is 17.5. The van der Waals surface area contributed by atoms with Crippen LogP contribution >= 0.6 is 0 Å². The lowest BCUT2D eigenvalue weighted by Crippen LogP contribution is -2.46. The van der Waals surface area contributed by atoms with Crippen LogP contribution in [0.2, 0.25) is 0 Å². The van der Waals surface area contributed by atoms with Gasteiger partial charge in [-0.3, -0.25) is 4.90 Å². The van der Waals surface area contributed by atoms with Crippen LogP contribution in [0.25, 0.3) is 0 Å². The van der Waals surface area contributed by atoms with E-state index in [1.54, 1.807) is 0 Å². The maximum absolute atomic E-state index is 10.3. The Bertz CT molecular complexity index is 620. The van der Waals surface area contributed by atoms with Crippen molar-refractivity contribution in [1.29, 1.82) is 0 Å². The van der Waals surface area contributed by atoms with E-state index in [1.165, 1.54) is 5.56 Å². The van der Waals surface area contributed by atoms with Gasteiger partial charge in [0, 0.05) is 19.6 Å². The van der Waals surface area contributed by atoms with E-state index in [0.29, 0.717) is 19.8 Å². The summed E-state index contributed by atoms with van der Waals surface area (Å²) < 4.78 is 11.7. The Morgan fingerprint density at radius 3 is 2.48 bits per heavy atom. The number of morpholine rings is 1. The molecule has 0 aliphatic carbocycles. The van der Waals surface area contributed by atoms with E-state index in [2.05, 4.69) is 24.0 Å². The first-order valence-corrected chi connectivity index (χ1v) is 8.93. The van der Waals surface area contributed by atoms with Gasteiger partial charge in [0.1, 0.15) is 0 Å². The molecule has 2 aromatic rings. The molecule has 4 nitrogen and oxygen atoms in total. The summed E-state index contributed by atoms with van der Waals surface area (Å²) in [7, 11) is 0. The second kappa shape index (κ2) is 9.11. The summed E-state index contributed by atoms with van der Waals surface area (Å²) in [5.41, 5.74) is 2.31. The highest BCUT2D eigenvalue weighted by atomic mass is 16.5. The van der Waals surface area contributed by atoms with Crippen LogP contribution in [0.1, 0.15) is 24.2 Å². The summed E-state index contributed by atoms with van der Waals surface area (Å²) in [6.45, 7) is 5.19. The number of hydrogen-bond acceptors (Lipinski definition) is 4. The first kappa shape index (κ1) is 18.1. The largest absolute Gasteiger partial charge is 0.389 e. The molecule has 3 unspecified atom stereocenters. The number of rotatable bonds is 7. The zero-order valence-corrected chi connectivity index (χ0v) is 14.8. The molecule has 1 fully saturated rings. The Hall–Kier alpha value is -1.72. The van der Waals surface area contributed by atoms with Gasteiger partial charge in [-0.2, -0.15) is 0 Å². The molecule has 0 radical (unpaired) electrons. The Morgan fingerprint density at radius 2 is 1.76 bits per heavy atom. The van der Waals surface area contributed by atoms with Crippen molar-refractivity contribution >= 4 is 0 Å². The van der Waals surface area contributed by atoms with Gasteiger partial charge in [0.2, 0.25) is 0 Å². The van der Waals surface area contributed by atoms with E-state index < -0.39 is 6.10 Å². The highest BCUT2D eigenvalue weighted by Gasteiger charge is 2.27. The molecule has 3 atom stereocenters. The molecular formula is C21H27NO3. The minimum absolute atomic E-state index is 0.0578. The molecule has 4 heteroatoms. The van der Waals surface area contributed by atoms with Crippen molar-refractivity contribution < 1.29 is 14.6 Å². The van der Waals surface area contributed by atoms with Gasteiger partial charge in [-0.15, -0.1) is 0 Å². The average Bonchev–Trinajstić information content (AvgIpc) is 2.63.